The number of hydrogen-bond acceptors (Lipinski definition) is 8. The van der Waals surface area contributed by atoms with Crippen molar-refractivity contribution in [2.24, 2.45) is 5.41 Å². The third-order valence-electron chi connectivity index (χ3n) is 9.04. The molecular weight excluding hydrogens is 590 g/mol. The van der Waals surface area contributed by atoms with E-state index in [9.17, 15) is 27.3 Å². The number of aliphatic hydroxyl groups is 1. The van der Waals surface area contributed by atoms with Gasteiger partial charge in [-0.3, -0.25) is 14.5 Å². The van der Waals surface area contributed by atoms with Crippen molar-refractivity contribution in [1.82, 2.24) is 4.98 Å². The smallest absolute Gasteiger partial charge is 0.257 e. The number of nitrogens with zero attached hydrogens (tertiary/aromatic N) is 4. The molecule has 0 unspecified atom stereocenters. The lowest BCUT2D eigenvalue weighted by molar-refractivity contribution is -0.0220. The molecule has 3 N–H and O–H groups in total. The lowest BCUT2D eigenvalue weighted by atomic mass is 9.93. The van der Waals surface area contributed by atoms with E-state index < -0.39 is 34.2 Å². The number of piperidine rings is 2. The first-order valence-electron chi connectivity index (χ1n) is 14.8. The van der Waals surface area contributed by atoms with Crippen molar-refractivity contribution in [1.29, 1.82) is 5.26 Å². The number of anilines is 4. The Hall–Kier alpha value is -4.02. The number of nitrogens with one attached hydrogen (secondary N) is 2. The summed E-state index contributed by atoms with van der Waals surface area (Å²) in [6, 6.07) is 12.0. The van der Waals surface area contributed by atoms with E-state index in [4.69, 9.17) is 5.11 Å². The molecule has 1 amide bonds. The van der Waals surface area contributed by atoms with Crippen molar-refractivity contribution in [3.8, 4) is 6.07 Å². The normalized spacial score (nSPS) is 19.0. The molecule has 13 heteroatoms. The van der Waals surface area contributed by atoms with Gasteiger partial charge < -0.3 is 20.2 Å². The van der Waals surface area contributed by atoms with Crippen molar-refractivity contribution in [2.45, 2.75) is 44.4 Å². The molecule has 0 atom stereocenters. The fourth-order valence-corrected chi connectivity index (χ4v) is 7.10. The number of carbonyl (C=O) groups excluding carboxylic acids is 1. The van der Waals surface area contributed by atoms with Crippen LogP contribution in [0.15, 0.2) is 42.6 Å². The van der Waals surface area contributed by atoms with Crippen molar-refractivity contribution < 1.29 is 27.1 Å². The number of benzene rings is 2. The molecule has 1 aromatic heterocycles. The number of amides is 1. The summed E-state index contributed by atoms with van der Waals surface area (Å²) in [5, 5.41) is 23.0. The van der Waals surface area contributed by atoms with Gasteiger partial charge >= 0.3 is 0 Å². The molecule has 0 bridgehead atoms. The third kappa shape index (κ3) is 6.14. The quantitative estimate of drug-likeness (QED) is 0.328. The van der Waals surface area contributed by atoms with Crippen LogP contribution in [0, 0.1) is 16.7 Å². The SMILES string of the molecule is N#Cc1c(NC(=O)c2ccc(NS(=O)(=O)CCO)cc2N2CCC3(CC2)CC3)cc2cccnc2c1N1CCC(F)(F)CC1. The molecule has 1 aliphatic carbocycles. The predicted octanol–water partition coefficient (Wildman–Crippen LogP) is 4.71. The van der Waals surface area contributed by atoms with Gasteiger partial charge in [0, 0.05) is 50.6 Å². The molecule has 44 heavy (non-hydrogen) atoms. The monoisotopic (exact) mass is 624 g/mol. The van der Waals surface area contributed by atoms with Gasteiger partial charge in [-0.15, -0.1) is 0 Å². The number of aliphatic hydroxyl groups excluding tert-OH is 1. The van der Waals surface area contributed by atoms with Crippen molar-refractivity contribution in [3.63, 3.8) is 0 Å². The highest BCUT2D eigenvalue weighted by atomic mass is 32.2. The summed E-state index contributed by atoms with van der Waals surface area (Å²) in [4.78, 5) is 22.2. The summed E-state index contributed by atoms with van der Waals surface area (Å²) in [7, 11) is -3.79. The summed E-state index contributed by atoms with van der Waals surface area (Å²) in [5.41, 5.74) is 2.78. The first-order chi connectivity index (χ1) is 21.0. The van der Waals surface area contributed by atoms with E-state index in [0.717, 1.165) is 12.8 Å². The Kier molecular flexibility index (Phi) is 7.83. The van der Waals surface area contributed by atoms with Crippen molar-refractivity contribution in [3.05, 3.63) is 53.7 Å². The molecule has 2 aromatic carbocycles. The molecular formula is C31H34F2N6O4S. The highest BCUT2D eigenvalue weighted by Gasteiger charge is 2.44. The molecule has 232 valence electrons. The van der Waals surface area contributed by atoms with Crippen LogP contribution in [0.4, 0.5) is 31.5 Å². The van der Waals surface area contributed by atoms with Gasteiger partial charge in [0.25, 0.3) is 11.8 Å². The van der Waals surface area contributed by atoms with Gasteiger partial charge in [0.05, 0.1) is 46.2 Å². The summed E-state index contributed by atoms with van der Waals surface area (Å²) in [6.07, 6.45) is 5.22. The fraction of sp³-hybridized carbons (Fsp3) is 0.452. The van der Waals surface area contributed by atoms with Crippen molar-refractivity contribution >= 4 is 49.6 Å². The van der Waals surface area contributed by atoms with E-state index in [1.807, 2.05) is 0 Å². The minimum atomic E-state index is -3.79. The number of rotatable bonds is 8. The predicted molar refractivity (Wildman–Crippen MR) is 165 cm³/mol. The second-order valence-corrected chi connectivity index (χ2v) is 13.8. The summed E-state index contributed by atoms with van der Waals surface area (Å²) >= 11 is 0. The molecule has 10 nitrogen and oxygen atoms in total. The second kappa shape index (κ2) is 11.5. The van der Waals surface area contributed by atoms with Crippen molar-refractivity contribution in [2.75, 3.05) is 58.4 Å². The molecule has 3 heterocycles. The van der Waals surface area contributed by atoms with Gasteiger partial charge in [-0.2, -0.15) is 5.26 Å². The largest absolute Gasteiger partial charge is 0.395 e. The lowest BCUT2D eigenvalue weighted by Crippen LogP contribution is -2.40. The number of alkyl halides is 2. The fourth-order valence-electron chi connectivity index (χ4n) is 6.27. The van der Waals surface area contributed by atoms with E-state index in [-0.39, 0.29) is 42.9 Å². The van der Waals surface area contributed by atoms with Gasteiger partial charge in [-0.05, 0) is 61.4 Å². The van der Waals surface area contributed by atoms with Crippen LogP contribution in [0.25, 0.3) is 10.9 Å². The highest BCUT2D eigenvalue weighted by molar-refractivity contribution is 7.92. The van der Waals surface area contributed by atoms with Gasteiger partial charge in [0.2, 0.25) is 10.0 Å². The van der Waals surface area contributed by atoms with E-state index in [1.165, 1.54) is 18.9 Å². The zero-order valence-electron chi connectivity index (χ0n) is 24.2. The third-order valence-corrected chi connectivity index (χ3v) is 10.3. The van der Waals surface area contributed by atoms with E-state index in [0.29, 0.717) is 46.3 Å². The maximum Gasteiger partial charge on any atom is 0.257 e. The first-order valence-corrected chi connectivity index (χ1v) is 16.4. The Morgan fingerprint density at radius 2 is 1.73 bits per heavy atom. The van der Waals surface area contributed by atoms with E-state index >= 15 is 0 Å². The van der Waals surface area contributed by atoms with Crippen LogP contribution in [0.5, 0.6) is 0 Å². The molecule has 1 spiro atoms. The maximum atomic E-state index is 14.0. The average Bonchev–Trinajstić information content (AvgIpc) is 3.75. The minimum Gasteiger partial charge on any atom is -0.395 e. The number of halogens is 2. The number of nitriles is 1. The molecule has 0 radical (unpaired) electrons. The van der Waals surface area contributed by atoms with Gasteiger partial charge in [0.15, 0.2) is 0 Å². The molecule has 3 fully saturated rings. The summed E-state index contributed by atoms with van der Waals surface area (Å²) < 4.78 is 55.2. The average molecular weight is 625 g/mol. The molecule has 1 saturated carbocycles. The Bertz CT molecular complexity index is 1740. The number of aromatic nitrogens is 1. The summed E-state index contributed by atoms with van der Waals surface area (Å²) in [5.74, 6) is -3.73. The van der Waals surface area contributed by atoms with Crippen LogP contribution in [-0.2, 0) is 10.0 Å². The number of carbonyl (C=O) groups is 1. The number of pyridine rings is 1. The second-order valence-electron chi connectivity index (χ2n) is 12.0. The number of sulfonamides is 1. The first kappa shape index (κ1) is 30.0. The molecule has 6 rings (SSSR count). The van der Waals surface area contributed by atoms with Crippen LogP contribution < -0.4 is 19.8 Å². The molecule has 2 aliphatic heterocycles. The standard InChI is InChI=1S/C31H34F2N6O4S/c32-31(33)9-14-39(15-10-31)28-24(20-34)25(18-21-2-1-11-35-27(21)28)36-29(41)23-4-3-22(37-44(42,43)17-16-40)19-26(23)38-12-7-30(5-6-30)8-13-38/h1-4,11,18-19,37,40H,5-10,12-17H2,(H,36,41). The molecule has 2 saturated heterocycles. The maximum absolute atomic E-state index is 14.0. The number of fused-ring (bicyclic) bond motifs is 1. The van der Waals surface area contributed by atoms with E-state index in [2.05, 4.69) is 26.0 Å². The van der Waals surface area contributed by atoms with Crippen LogP contribution in [0.2, 0.25) is 0 Å². The van der Waals surface area contributed by atoms with Gasteiger partial charge in [-0.25, -0.2) is 17.2 Å². The topological polar surface area (TPSA) is 139 Å². The van der Waals surface area contributed by atoms with Gasteiger partial charge in [0.1, 0.15) is 11.6 Å². The van der Waals surface area contributed by atoms with Gasteiger partial charge in [-0.1, -0.05) is 6.07 Å². The molecule has 3 aliphatic rings. The van der Waals surface area contributed by atoms with Crippen LogP contribution >= 0.6 is 0 Å². The zero-order chi connectivity index (χ0) is 31.1. The van der Waals surface area contributed by atoms with Crippen LogP contribution in [-0.4, -0.2) is 68.9 Å². The number of hydrogen-bond donors (Lipinski definition) is 3. The lowest BCUT2D eigenvalue weighted by Gasteiger charge is -2.35. The zero-order valence-corrected chi connectivity index (χ0v) is 25.0. The Labute approximate surface area is 254 Å². The Morgan fingerprint density at radius 1 is 1.02 bits per heavy atom. The Balaban J connectivity index is 1.36. The van der Waals surface area contributed by atoms with Crippen LogP contribution in [0.3, 0.4) is 0 Å². The molecule has 3 aromatic rings. The van der Waals surface area contributed by atoms with E-state index in [1.54, 1.807) is 41.4 Å². The Morgan fingerprint density at radius 3 is 2.39 bits per heavy atom. The summed E-state index contributed by atoms with van der Waals surface area (Å²) in [6.45, 7) is 0.975. The van der Waals surface area contributed by atoms with Crippen LogP contribution in [0.1, 0.15) is 54.4 Å². The highest BCUT2D eigenvalue weighted by Crippen LogP contribution is 2.54. The minimum absolute atomic E-state index is 0.0407.